The van der Waals surface area contributed by atoms with Gasteiger partial charge in [-0.15, -0.1) is 0 Å². The Labute approximate surface area is 164 Å². The molecule has 0 aliphatic carbocycles. The fourth-order valence-corrected chi connectivity index (χ4v) is 3.55. The predicted octanol–water partition coefficient (Wildman–Crippen LogP) is 3.94. The van der Waals surface area contributed by atoms with Gasteiger partial charge in [0.15, 0.2) is 11.5 Å². The van der Waals surface area contributed by atoms with Crippen molar-refractivity contribution in [2.45, 2.75) is 51.5 Å². The summed E-state index contributed by atoms with van der Waals surface area (Å²) in [5, 5.41) is 10.3. The van der Waals surface area contributed by atoms with Gasteiger partial charge in [-0.25, -0.2) is 9.78 Å². The molecule has 3 aromatic rings. The van der Waals surface area contributed by atoms with Crippen LogP contribution >= 0.6 is 0 Å². The number of aromatic nitrogens is 3. The van der Waals surface area contributed by atoms with Gasteiger partial charge in [-0.05, 0) is 31.0 Å². The maximum atomic E-state index is 12.7. The topological polar surface area (TPSA) is 87.0 Å². The molecule has 1 aromatic carbocycles. The van der Waals surface area contributed by atoms with E-state index in [1.54, 1.807) is 0 Å². The van der Waals surface area contributed by atoms with Crippen molar-refractivity contribution in [1.29, 1.82) is 0 Å². The molecular weight excluding hydrogens is 354 g/mol. The van der Waals surface area contributed by atoms with Crippen LogP contribution in [0.25, 0.3) is 11.1 Å². The van der Waals surface area contributed by atoms with E-state index in [0.717, 1.165) is 47.8 Å². The minimum atomic E-state index is -0.0623. The molecule has 0 unspecified atom stereocenters. The summed E-state index contributed by atoms with van der Waals surface area (Å²) < 4.78 is 5.92. The van der Waals surface area contributed by atoms with Crippen molar-refractivity contribution in [2.24, 2.45) is 0 Å². The first-order valence-corrected chi connectivity index (χ1v) is 9.83. The second-order valence-electron chi connectivity index (χ2n) is 8.49. The van der Waals surface area contributed by atoms with Crippen LogP contribution in [0.15, 0.2) is 34.7 Å². The largest absolute Gasteiger partial charge is 0.440 e. The number of urea groups is 1. The van der Waals surface area contributed by atoms with Gasteiger partial charge in [-0.2, -0.15) is 5.10 Å². The summed E-state index contributed by atoms with van der Waals surface area (Å²) in [6.45, 7) is 8.15. The lowest BCUT2D eigenvalue weighted by Crippen LogP contribution is -2.44. The number of carbonyl (C=O) groups excluding carboxylic acids is 1. The molecule has 3 heterocycles. The maximum absolute atomic E-state index is 12.7. The number of nitrogens with zero attached hydrogens (tertiary/aromatic N) is 3. The quantitative estimate of drug-likeness (QED) is 0.719. The molecule has 0 spiro atoms. The van der Waals surface area contributed by atoms with E-state index in [-0.39, 0.29) is 17.4 Å². The van der Waals surface area contributed by atoms with Gasteiger partial charge in [0.05, 0.1) is 23.9 Å². The molecule has 0 saturated carbocycles. The highest BCUT2D eigenvalue weighted by molar-refractivity contribution is 5.74. The highest BCUT2D eigenvalue weighted by atomic mass is 16.3. The van der Waals surface area contributed by atoms with E-state index in [2.05, 4.69) is 41.3 Å². The number of hydrogen-bond acceptors (Lipinski definition) is 4. The lowest BCUT2D eigenvalue weighted by molar-refractivity contribution is 0.174. The van der Waals surface area contributed by atoms with Crippen LogP contribution in [0.4, 0.5) is 4.79 Å². The number of carbonyl (C=O) groups is 1. The monoisotopic (exact) mass is 381 g/mol. The number of amides is 2. The number of fused-ring (bicyclic) bond motifs is 1. The van der Waals surface area contributed by atoms with E-state index in [1.165, 1.54) is 0 Å². The van der Waals surface area contributed by atoms with Gasteiger partial charge >= 0.3 is 6.03 Å². The van der Waals surface area contributed by atoms with Crippen LogP contribution in [-0.4, -0.2) is 39.2 Å². The van der Waals surface area contributed by atoms with Crippen LogP contribution in [0.5, 0.6) is 0 Å². The number of H-pyrrole nitrogens is 1. The van der Waals surface area contributed by atoms with Crippen molar-refractivity contribution in [3.63, 3.8) is 0 Å². The van der Waals surface area contributed by atoms with Crippen molar-refractivity contribution >= 4 is 17.1 Å². The number of benzene rings is 1. The summed E-state index contributed by atoms with van der Waals surface area (Å²) in [4.78, 5) is 19.1. The lowest BCUT2D eigenvalue weighted by atomic mass is 9.92. The number of hydrogen-bond donors (Lipinski definition) is 2. The van der Waals surface area contributed by atoms with Gasteiger partial charge in [0.1, 0.15) is 5.52 Å². The van der Waals surface area contributed by atoms with E-state index in [0.29, 0.717) is 13.1 Å². The van der Waals surface area contributed by atoms with Crippen LogP contribution in [0.2, 0.25) is 0 Å². The maximum Gasteiger partial charge on any atom is 0.317 e. The van der Waals surface area contributed by atoms with Crippen molar-refractivity contribution in [1.82, 2.24) is 25.4 Å². The molecule has 2 N–H and O–H groups in total. The Bertz CT molecular complexity index is 935. The Hall–Kier alpha value is -2.83. The third-order valence-electron chi connectivity index (χ3n) is 5.20. The Morgan fingerprint density at radius 1 is 1.36 bits per heavy atom. The third kappa shape index (κ3) is 3.88. The Morgan fingerprint density at radius 2 is 2.18 bits per heavy atom. The molecule has 1 saturated heterocycles. The molecule has 4 rings (SSSR count). The zero-order chi connectivity index (χ0) is 19.7. The first-order valence-electron chi connectivity index (χ1n) is 9.83. The SMILES string of the molecule is CC(C)(C)c1cc(CNC(=O)N2CCC[C@H](c3nc4ccccc4o3)C2)[nH]n1. The Morgan fingerprint density at radius 3 is 2.93 bits per heavy atom. The smallest absolute Gasteiger partial charge is 0.317 e. The number of rotatable bonds is 3. The molecule has 2 aromatic heterocycles. The number of para-hydroxylation sites is 2. The zero-order valence-electron chi connectivity index (χ0n) is 16.7. The second-order valence-corrected chi connectivity index (χ2v) is 8.49. The molecule has 0 radical (unpaired) electrons. The van der Waals surface area contributed by atoms with E-state index >= 15 is 0 Å². The standard InChI is InChI=1S/C21H27N5O2/c1-21(2,3)18-11-15(24-25-18)12-22-20(27)26-10-6-7-14(13-26)19-23-16-8-4-5-9-17(16)28-19/h4-5,8-9,11,14H,6-7,10,12-13H2,1-3H3,(H,22,27)(H,24,25)/t14-/m0/s1. The lowest BCUT2D eigenvalue weighted by Gasteiger charge is -2.31. The van der Waals surface area contributed by atoms with Gasteiger partial charge in [0.25, 0.3) is 0 Å². The van der Waals surface area contributed by atoms with Crippen molar-refractivity contribution in [3.05, 3.63) is 47.6 Å². The van der Waals surface area contributed by atoms with Gasteiger partial charge < -0.3 is 14.6 Å². The number of aromatic amines is 1. The number of nitrogens with one attached hydrogen (secondary N) is 2. The van der Waals surface area contributed by atoms with Gasteiger partial charge in [-0.3, -0.25) is 5.10 Å². The summed E-state index contributed by atoms with van der Waals surface area (Å²) in [6.07, 6.45) is 1.92. The molecule has 1 aliphatic rings. The molecule has 148 valence electrons. The van der Waals surface area contributed by atoms with Crippen LogP contribution in [0.1, 0.15) is 56.8 Å². The molecule has 28 heavy (non-hydrogen) atoms. The third-order valence-corrected chi connectivity index (χ3v) is 5.20. The van der Waals surface area contributed by atoms with Crippen LogP contribution in [-0.2, 0) is 12.0 Å². The molecule has 1 aliphatic heterocycles. The molecule has 1 fully saturated rings. The molecule has 7 nitrogen and oxygen atoms in total. The summed E-state index contributed by atoms with van der Waals surface area (Å²) in [6, 6.07) is 9.72. The average Bonchev–Trinajstić information content (AvgIpc) is 3.33. The Balaban J connectivity index is 1.37. The molecule has 7 heteroatoms. The zero-order valence-corrected chi connectivity index (χ0v) is 16.7. The highest BCUT2D eigenvalue weighted by Crippen LogP contribution is 2.29. The van der Waals surface area contributed by atoms with E-state index in [9.17, 15) is 4.79 Å². The molecule has 2 amide bonds. The molecule has 0 bridgehead atoms. The Kier molecular flexibility index (Phi) is 4.83. The van der Waals surface area contributed by atoms with Crippen molar-refractivity contribution in [2.75, 3.05) is 13.1 Å². The number of likely N-dealkylation sites (tertiary alicyclic amines) is 1. The fourth-order valence-electron chi connectivity index (χ4n) is 3.55. The van der Waals surface area contributed by atoms with Crippen molar-refractivity contribution < 1.29 is 9.21 Å². The first kappa shape index (κ1) is 18.5. The molecule has 1 atom stereocenters. The van der Waals surface area contributed by atoms with Crippen LogP contribution in [0, 0.1) is 0 Å². The second kappa shape index (κ2) is 7.30. The fraction of sp³-hybridized carbons (Fsp3) is 0.476. The van der Waals surface area contributed by atoms with Crippen LogP contribution < -0.4 is 5.32 Å². The normalized spacial score (nSPS) is 17.8. The summed E-state index contributed by atoms with van der Waals surface area (Å²) in [5.74, 6) is 0.855. The van der Waals surface area contributed by atoms with Gasteiger partial charge in [0.2, 0.25) is 0 Å². The minimum absolute atomic E-state index is 0.0154. The summed E-state index contributed by atoms with van der Waals surface area (Å²) in [7, 11) is 0. The number of oxazole rings is 1. The molecular formula is C21H27N5O2. The first-order chi connectivity index (χ1) is 13.4. The van der Waals surface area contributed by atoms with Gasteiger partial charge in [-0.1, -0.05) is 32.9 Å². The van der Waals surface area contributed by atoms with E-state index < -0.39 is 0 Å². The van der Waals surface area contributed by atoms with E-state index in [4.69, 9.17) is 4.42 Å². The van der Waals surface area contributed by atoms with E-state index in [1.807, 2.05) is 35.2 Å². The van der Waals surface area contributed by atoms with Gasteiger partial charge in [0, 0.05) is 18.5 Å². The van der Waals surface area contributed by atoms with Crippen molar-refractivity contribution in [3.8, 4) is 0 Å². The predicted molar refractivity (Wildman–Crippen MR) is 107 cm³/mol. The van der Waals surface area contributed by atoms with Crippen LogP contribution in [0.3, 0.4) is 0 Å². The summed E-state index contributed by atoms with van der Waals surface area (Å²) >= 11 is 0. The minimum Gasteiger partial charge on any atom is -0.440 e. The number of piperidine rings is 1. The highest BCUT2D eigenvalue weighted by Gasteiger charge is 2.28. The average molecular weight is 381 g/mol. The summed E-state index contributed by atoms with van der Waals surface area (Å²) in [5.41, 5.74) is 3.55.